The lowest BCUT2D eigenvalue weighted by atomic mass is 9.90. The molecule has 134 valence electrons. The molecule has 1 aliphatic heterocycles. The molecule has 0 bridgehead atoms. The van der Waals surface area contributed by atoms with E-state index in [0.29, 0.717) is 13.1 Å². The second kappa shape index (κ2) is 5.61. The first-order valence-electron chi connectivity index (χ1n) is 9.12. The highest BCUT2D eigenvalue weighted by Crippen LogP contribution is 2.70. The van der Waals surface area contributed by atoms with Crippen molar-refractivity contribution in [3.8, 4) is 0 Å². The van der Waals surface area contributed by atoms with Crippen molar-refractivity contribution in [2.75, 3.05) is 26.2 Å². The van der Waals surface area contributed by atoms with Gasteiger partial charge in [-0.15, -0.1) is 0 Å². The summed E-state index contributed by atoms with van der Waals surface area (Å²) in [5.74, 6) is -4.12. The molecule has 3 nitrogen and oxygen atoms in total. The zero-order chi connectivity index (χ0) is 17.9. The fourth-order valence-electron chi connectivity index (χ4n) is 4.85. The number of fused-ring (bicyclic) bond motifs is 5. The maximum absolute atomic E-state index is 14.6. The lowest BCUT2D eigenvalue weighted by Crippen LogP contribution is -2.47. The van der Waals surface area contributed by atoms with E-state index in [0.717, 1.165) is 41.8 Å². The number of piperazine rings is 1. The zero-order valence-corrected chi connectivity index (χ0v) is 14.3. The van der Waals surface area contributed by atoms with Gasteiger partial charge in [-0.25, -0.2) is 8.78 Å². The van der Waals surface area contributed by atoms with Crippen LogP contribution in [0.1, 0.15) is 40.1 Å². The van der Waals surface area contributed by atoms with E-state index in [9.17, 15) is 13.6 Å². The number of hydrogen-bond donors (Lipinski definition) is 0. The Morgan fingerprint density at radius 3 is 1.73 bits per heavy atom. The molecule has 1 saturated heterocycles. The third-order valence-corrected chi connectivity index (χ3v) is 6.17. The standard InChI is InChI=1S/C21H20F2N2O/c22-21(23)18-14-5-1-3-7-16(14)20(25-11-9-24(13-26)10-12-25)17-8-4-2-6-15(17)19(18)21/h1-8,13,18-20H,9-12H2/t18-,19?,20?/m0/s1. The number of amides is 1. The molecule has 0 aromatic heterocycles. The highest BCUT2D eigenvalue weighted by atomic mass is 19.3. The first-order chi connectivity index (χ1) is 12.6. The van der Waals surface area contributed by atoms with Crippen molar-refractivity contribution in [3.05, 3.63) is 70.8 Å². The summed E-state index contributed by atoms with van der Waals surface area (Å²) in [6, 6.07) is 15.3. The number of hydrogen-bond acceptors (Lipinski definition) is 2. The Morgan fingerprint density at radius 2 is 1.27 bits per heavy atom. The minimum Gasteiger partial charge on any atom is -0.343 e. The third-order valence-electron chi connectivity index (χ3n) is 6.17. The summed E-state index contributed by atoms with van der Waals surface area (Å²) in [5.41, 5.74) is 3.54. The van der Waals surface area contributed by atoms with Gasteiger partial charge in [0.25, 0.3) is 5.92 Å². The van der Waals surface area contributed by atoms with Crippen LogP contribution >= 0.6 is 0 Å². The van der Waals surface area contributed by atoms with E-state index in [-0.39, 0.29) is 6.04 Å². The van der Waals surface area contributed by atoms with E-state index in [1.165, 1.54) is 0 Å². The molecule has 2 aromatic carbocycles. The van der Waals surface area contributed by atoms with Gasteiger partial charge in [0.05, 0.1) is 17.9 Å². The predicted molar refractivity (Wildman–Crippen MR) is 94.4 cm³/mol. The Balaban J connectivity index is 1.65. The fourth-order valence-corrected chi connectivity index (χ4v) is 4.85. The van der Waals surface area contributed by atoms with Gasteiger partial charge in [0, 0.05) is 26.2 Å². The number of carbonyl (C=O) groups is 1. The number of halogens is 2. The van der Waals surface area contributed by atoms with Gasteiger partial charge in [-0.3, -0.25) is 9.69 Å². The molecule has 0 radical (unpaired) electrons. The number of nitrogens with zero attached hydrogens (tertiary/aromatic N) is 2. The van der Waals surface area contributed by atoms with Gasteiger partial charge >= 0.3 is 0 Å². The highest BCUT2D eigenvalue weighted by molar-refractivity contribution is 5.56. The maximum atomic E-state index is 14.6. The van der Waals surface area contributed by atoms with Crippen LogP contribution in [0.2, 0.25) is 0 Å². The summed E-state index contributed by atoms with van der Waals surface area (Å²) < 4.78 is 29.3. The molecule has 3 atom stereocenters. The van der Waals surface area contributed by atoms with Crippen molar-refractivity contribution < 1.29 is 13.6 Å². The van der Waals surface area contributed by atoms with Crippen LogP contribution in [0.25, 0.3) is 0 Å². The van der Waals surface area contributed by atoms with Crippen molar-refractivity contribution in [2.24, 2.45) is 0 Å². The van der Waals surface area contributed by atoms with Crippen molar-refractivity contribution in [1.82, 2.24) is 9.80 Å². The molecule has 2 aromatic rings. The predicted octanol–water partition coefficient (Wildman–Crippen LogP) is 3.38. The summed E-state index contributed by atoms with van der Waals surface area (Å²) >= 11 is 0. The SMILES string of the molecule is O=CN1CCN(C2c3ccccc3C3[C@H](c4ccccc42)C3(F)F)CC1. The van der Waals surface area contributed by atoms with E-state index in [1.807, 2.05) is 48.5 Å². The number of benzene rings is 2. The van der Waals surface area contributed by atoms with E-state index in [1.54, 1.807) is 4.90 Å². The normalized spacial score (nSPS) is 29.2. The average Bonchev–Trinajstić information content (AvgIpc) is 3.28. The van der Waals surface area contributed by atoms with Gasteiger partial charge in [0.2, 0.25) is 6.41 Å². The number of rotatable bonds is 2. The molecule has 2 aliphatic carbocycles. The maximum Gasteiger partial charge on any atom is 0.263 e. The van der Waals surface area contributed by atoms with Gasteiger partial charge in [0.15, 0.2) is 0 Å². The van der Waals surface area contributed by atoms with Gasteiger partial charge in [-0.1, -0.05) is 48.5 Å². The molecule has 5 rings (SSSR count). The van der Waals surface area contributed by atoms with Crippen LogP contribution in [-0.2, 0) is 4.79 Å². The summed E-state index contributed by atoms with van der Waals surface area (Å²) in [6.07, 6.45) is 0.891. The Morgan fingerprint density at radius 1 is 0.808 bits per heavy atom. The van der Waals surface area contributed by atoms with Crippen molar-refractivity contribution in [2.45, 2.75) is 23.8 Å². The monoisotopic (exact) mass is 354 g/mol. The molecule has 2 unspecified atom stereocenters. The molecule has 1 heterocycles. The second-order valence-corrected chi connectivity index (χ2v) is 7.47. The summed E-state index contributed by atoms with van der Waals surface area (Å²) in [7, 11) is 0. The smallest absolute Gasteiger partial charge is 0.263 e. The van der Waals surface area contributed by atoms with Crippen LogP contribution < -0.4 is 0 Å². The van der Waals surface area contributed by atoms with Crippen LogP contribution in [0.3, 0.4) is 0 Å². The molecule has 26 heavy (non-hydrogen) atoms. The third kappa shape index (κ3) is 2.16. The van der Waals surface area contributed by atoms with E-state index in [4.69, 9.17) is 0 Å². The first kappa shape index (κ1) is 15.9. The molecule has 2 fully saturated rings. The fraction of sp³-hybridized carbons (Fsp3) is 0.381. The van der Waals surface area contributed by atoms with Gasteiger partial charge in [-0.2, -0.15) is 0 Å². The second-order valence-electron chi connectivity index (χ2n) is 7.47. The van der Waals surface area contributed by atoms with Gasteiger partial charge in [-0.05, 0) is 22.3 Å². The zero-order valence-electron chi connectivity index (χ0n) is 14.3. The Kier molecular flexibility index (Phi) is 3.44. The molecule has 1 saturated carbocycles. The quantitative estimate of drug-likeness (QED) is 0.772. The van der Waals surface area contributed by atoms with Gasteiger partial charge < -0.3 is 4.90 Å². The molecule has 0 spiro atoms. The van der Waals surface area contributed by atoms with Gasteiger partial charge in [0.1, 0.15) is 0 Å². The van der Waals surface area contributed by atoms with Crippen LogP contribution in [0.15, 0.2) is 48.5 Å². The molecule has 3 aliphatic rings. The van der Waals surface area contributed by atoms with Crippen LogP contribution in [-0.4, -0.2) is 48.3 Å². The lowest BCUT2D eigenvalue weighted by molar-refractivity contribution is -0.119. The Hall–Kier alpha value is -2.27. The van der Waals surface area contributed by atoms with Crippen LogP contribution in [0.4, 0.5) is 8.78 Å². The minimum atomic E-state index is -2.67. The summed E-state index contributed by atoms with van der Waals surface area (Å²) in [5, 5.41) is 0. The van der Waals surface area contributed by atoms with E-state index < -0.39 is 17.8 Å². The van der Waals surface area contributed by atoms with Crippen molar-refractivity contribution in [3.63, 3.8) is 0 Å². The average molecular weight is 354 g/mol. The van der Waals surface area contributed by atoms with Crippen LogP contribution in [0, 0.1) is 0 Å². The van der Waals surface area contributed by atoms with E-state index in [2.05, 4.69) is 4.90 Å². The van der Waals surface area contributed by atoms with Crippen molar-refractivity contribution in [1.29, 1.82) is 0 Å². The topological polar surface area (TPSA) is 23.6 Å². The number of carbonyl (C=O) groups excluding carboxylic acids is 1. The highest BCUT2D eigenvalue weighted by Gasteiger charge is 2.71. The first-order valence-corrected chi connectivity index (χ1v) is 9.12. The molecular formula is C21H20F2N2O. The van der Waals surface area contributed by atoms with E-state index >= 15 is 0 Å². The summed E-state index contributed by atoms with van der Waals surface area (Å²) in [6.45, 7) is 2.84. The molecule has 5 heteroatoms. The summed E-state index contributed by atoms with van der Waals surface area (Å²) in [4.78, 5) is 15.1. The minimum absolute atomic E-state index is 0.0280. The Labute approximate surface area is 151 Å². The van der Waals surface area contributed by atoms with Crippen LogP contribution in [0.5, 0.6) is 0 Å². The van der Waals surface area contributed by atoms with Crippen molar-refractivity contribution >= 4 is 6.41 Å². The molecular weight excluding hydrogens is 334 g/mol. The lowest BCUT2D eigenvalue weighted by Gasteiger charge is -2.39. The Bertz CT molecular complexity index is 805. The largest absolute Gasteiger partial charge is 0.343 e. The molecule has 1 amide bonds. The number of alkyl halides is 2. The molecule has 0 N–H and O–H groups in total.